The molecule has 1 N–H and O–H groups in total. The Bertz CT molecular complexity index is 1210. The van der Waals surface area contributed by atoms with Crippen LogP contribution in [-0.2, 0) is 12.7 Å². The highest BCUT2D eigenvalue weighted by Gasteiger charge is 2.41. The summed E-state index contributed by atoms with van der Waals surface area (Å²) in [4.78, 5) is 15.2. The number of nitrogens with zero attached hydrogens (tertiary/aromatic N) is 1. The number of likely N-dealkylation sites (tertiary alicyclic amines) is 1. The van der Waals surface area contributed by atoms with E-state index in [4.69, 9.17) is 9.15 Å². The van der Waals surface area contributed by atoms with E-state index < -0.39 is 23.1 Å². The maximum absolute atomic E-state index is 13.9. The Labute approximate surface area is 190 Å². The summed E-state index contributed by atoms with van der Waals surface area (Å²) in [5.41, 5.74) is -1.08. The number of benzene rings is 2. The van der Waals surface area contributed by atoms with Crippen LogP contribution >= 0.6 is 15.9 Å². The van der Waals surface area contributed by atoms with Crippen LogP contribution in [0.4, 0.5) is 13.2 Å². The van der Waals surface area contributed by atoms with Crippen LogP contribution in [0.1, 0.15) is 37.5 Å². The van der Waals surface area contributed by atoms with Crippen LogP contribution in [0.5, 0.6) is 17.2 Å². The van der Waals surface area contributed by atoms with Gasteiger partial charge < -0.3 is 14.3 Å². The van der Waals surface area contributed by atoms with Gasteiger partial charge in [-0.2, -0.15) is 13.2 Å². The van der Waals surface area contributed by atoms with Crippen LogP contribution in [-0.4, -0.2) is 22.6 Å². The van der Waals surface area contributed by atoms with E-state index in [-0.39, 0.29) is 40.6 Å². The lowest BCUT2D eigenvalue weighted by Gasteiger charge is -2.33. The van der Waals surface area contributed by atoms with Crippen molar-refractivity contribution in [2.45, 2.75) is 44.9 Å². The van der Waals surface area contributed by atoms with Gasteiger partial charge in [0.2, 0.25) is 11.2 Å². The van der Waals surface area contributed by atoms with Crippen molar-refractivity contribution in [1.82, 2.24) is 4.90 Å². The average molecular weight is 512 g/mol. The smallest absolute Gasteiger partial charge is 0.453 e. The van der Waals surface area contributed by atoms with E-state index in [0.717, 1.165) is 25.8 Å². The van der Waals surface area contributed by atoms with Gasteiger partial charge in [0.05, 0.1) is 15.4 Å². The minimum absolute atomic E-state index is 0.0470. The zero-order valence-corrected chi connectivity index (χ0v) is 18.8. The molecule has 0 radical (unpaired) electrons. The van der Waals surface area contributed by atoms with Gasteiger partial charge in [-0.1, -0.05) is 18.6 Å². The molecule has 1 aromatic heterocycles. The predicted octanol–water partition coefficient (Wildman–Crippen LogP) is 6.45. The van der Waals surface area contributed by atoms with Crippen molar-refractivity contribution in [3.63, 3.8) is 0 Å². The first-order chi connectivity index (χ1) is 15.2. The molecular formula is C23H21BrF3NO4. The number of piperidine rings is 1. The number of ether oxygens (including phenoxy) is 1. The number of aromatic hydroxyl groups is 1. The molecule has 1 unspecified atom stereocenters. The van der Waals surface area contributed by atoms with Crippen LogP contribution in [0.15, 0.2) is 50.1 Å². The minimum Gasteiger partial charge on any atom is -0.507 e. The van der Waals surface area contributed by atoms with E-state index in [1.54, 1.807) is 18.2 Å². The first-order valence-electron chi connectivity index (χ1n) is 10.2. The zero-order valence-electron chi connectivity index (χ0n) is 17.2. The number of para-hydroxylation sites is 1. The number of halogens is 4. The van der Waals surface area contributed by atoms with Crippen molar-refractivity contribution in [2.75, 3.05) is 6.54 Å². The molecule has 0 bridgehead atoms. The molecule has 0 aliphatic carbocycles. The molecule has 4 rings (SSSR count). The second-order valence-corrected chi connectivity index (χ2v) is 8.73. The molecule has 1 atom stereocenters. The Morgan fingerprint density at radius 2 is 1.97 bits per heavy atom. The SMILES string of the molecule is CC1CCCCN1Cc1c(O)ccc2c(=O)c(Oc3ccccc3Br)c(C(F)(F)F)oc12. The fraction of sp³-hybridized carbons (Fsp3) is 0.348. The Morgan fingerprint density at radius 1 is 1.22 bits per heavy atom. The lowest BCUT2D eigenvalue weighted by molar-refractivity contribution is -0.154. The molecule has 2 aromatic carbocycles. The molecule has 1 fully saturated rings. The average Bonchev–Trinajstić information content (AvgIpc) is 2.74. The minimum atomic E-state index is -4.98. The second kappa shape index (κ2) is 8.78. The molecule has 1 aliphatic rings. The van der Waals surface area contributed by atoms with Crippen molar-refractivity contribution in [3.05, 3.63) is 62.4 Å². The predicted molar refractivity (Wildman–Crippen MR) is 117 cm³/mol. The molecule has 0 amide bonds. The van der Waals surface area contributed by atoms with Crippen LogP contribution in [0.25, 0.3) is 11.0 Å². The highest BCUT2D eigenvalue weighted by molar-refractivity contribution is 9.10. The van der Waals surface area contributed by atoms with E-state index in [2.05, 4.69) is 20.8 Å². The molecule has 170 valence electrons. The van der Waals surface area contributed by atoms with E-state index in [0.29, 0.717) is 4.47 Å². The zero-order chi connectivity index (χ0) is 23.0. The van der Waals surface area contributed by atoms with Crippen LogP contribution in [0.3, 0.4) is 0 Å². The van der Waals surface area contributed by atoms with Gasteiger partial charge in [-0.25, -0.2) is 0 Å². The number of rotatable bonds is 4. The lowest BCUT2D eigenvalue weighted by Crippen LogP contribution is -2.36. The third kappa shape index (κ3) is 4.36. The molecule has 0 saturated carbocycles. The number of hydrogen-bond donors (Lipinski definition) is 1. The molecule has 32 heavy (non-hydrogen) atoms. The van der Waals surface area contributed by atoms with Gasteiger partial charge in [-0.15, -0.1) is 0 Å². The number of phenols is 1. The lowest BCUT2D eigenvalue weighted by atomic mass is 10.0. The Kier molecular flexibility index (Phi) is 6.22. The Morgan fingerprint density at radius 3 is 2.66 bits per heavy atom. The third-order valence-corrected chi connectivity index (χ3v) is 6.36. The second-order valence-electron chi connectivity index (χ2n) is 7.87. The van der Waals surface area contributed by atoms with Crippen LogP contribution < -0.4 is 10.2 Å². The first-order valence-corrected chi connectivity index (χ1v) is 11.0. The van der Waals surface area contributed by atoms with E-state index in [1.165, 1.54) is 18.2 Å². The summed E-state index contributed by atoms with van der Waals surface area (Å²) in [5, 5.41) is 10.4. The summed E-state index contributed by atoms with van der Waals surface area (Å²) in [6.45, 7) is 2.95. The number of fused-ring (bicyclic) bond motifs is 1. The first kappa shape index (κ1) is 22.7. The van der Waals surface area contributed by atoms with Gasteiger partial charge in [0.25, 0.3) is 5.76 Å². The quantitative estimate of drug-likeness (QED) is 0.436. The van der Waals surface area contributed by atoms with Gasteiger partial charge in [0.15, 0.2) is 0 Å². The Balaban J connectivity index is 1.89. The number of phenolic OH excluding ortho intramolecular Hbond substituents is 1. The molecule has 9 heteroatoms. The van der Waals surface area contributed by atoms with Crippen molar-refractivity contribution >= 4 is 26.9 Å². The summed E-state index contributed by atoms with van der Waals surface area (Å²) < 4.78 is 52.8. The molecule has 3 aromatic rings. The van der Waals surface area contributed by atoms with Gasteiger partial charge in [0, 0.05) is 12.6 Å². The summed E-state index contributed by atoms with van der Waals surface area (Å²) in [6, 6.07) is 9.03. The highest BCUT2D eigenvalue weighted by Crippen LogP contribution is 2.41. The molecule has 0 spiro atoms. The van der Waals surface area contributed by atoms with E-state index in [1.807, 2.05) is 6.92 Å². The van der Waals surface area contributed by atoms with Crippen LogP contribution in [0, 0.1) is 0 Å². The number of alkyl halides is 3. The van der Waals surface area contributed by atoms with Crippen molar-refractivity contribution in [2.24, 2.45) is 0 Å². The fourth-order valence-electron chi connectivity index (χ4n) is 3.95. The summed E-state index contributed by atoms with van der Waals surface area (Å²) in [6.07, 6.45) is -2.00. The highest BCUT2D eigenvalue weighted by atomic mass is 79.9. The van der Waals surface area contributed by atoms with Crippen LogP contribution in [0.2, 0.25) is 0 Å². The van der Waals surface area contributed by atoms with E-state index in [9.17, 15) is 23.1 Å². The molecule has 1 aliphatic heterocycles. The molecule has 1 saturated heterocycles. The summed E-state index contributed by atoms with van der Waals surface area (Å²) in [5.74, 6) is -2.65. The molecule has 5 nitrogen and oxygen atoms in total. The molecular weight excluding hydrogens is 491 g/mol. The van der Waals surface area contributed by atoms with Crippen molar-refractivity contribution in [3.8, 4) is 17.2 Å². The molecule has 2 heterocycles. The van der Waals surface area contributed by atoms with Gasteiger partial charge in [0.1, 0.15) is 17.1 Å². The van der Waals surface area contributed by atoms with Crippen molar-refractivity contribution in [1.29, 1.82) is 0 Å². The monoisotopic (exact) mass is 511 g/mol. The standard InChI is InChI=1S/C23H21BrF3NO4/c1-13-6-4-5-11-28(13)12-15-17(29)10-9-14-19(30)21(22(23(25,26)27)32-20(14)15)31-18-8-3-2-7-16(18)24/h2-3,7-10,13,29H,4-6,11-12H2,1H3. The van der Waals surface area contributed by atoms with Crippen molar-refractivity contribution < 1.29 is 27.4 Å². The Hall–Kier alpha value is -2.52. The fourth-order valence-corrected chi connectivity index (χ4v) is 4.32. The maximum atomic E-state index is 13.9. The topological polar surface area (TPSA) is 62.9 Å². The van der Waals surface area contributed by atoms with E-state index >= 15 is 0 Å². The largest absolute Gasteiger partial charge is 0.507 e. The van der Waals surface area contributed by atoms with Gasteiger partial charge in [-0.3, -0.25) is 9.69 Å². The summed E-state index contributed by atoms with van der Waals surface area (Å²) >= 11 is 3.21. The van der Waals surface area contributed by atoms with Gasteiger partial charge in [-0.05, 0) is 66.5 Å². The normalized spacial score (nSPS) is 17.6. The number of hydrogen-bond acceptors (Lipinski definition) is 5. The summed E-state index contributed by atoms with van der Waals surface area (Å²) in [7, 11) is 0. The third-order valence-electron chi connectivity index (χ3n) is 5.70. The maximum Gasteiger partial charge on any atom is 0.453 e. The van der Waals surface area contributed by atoms with Gasteiger partial charge >= 0.3 is 6.18 Å².